The van der Waals surface area contributed by atoms with Crippen molar-refractivity contribution in [2.24, 2.45) is 0 Å². The van der Waals surface area contributed by atoms with Gasteiger partial charge in [0.25, 0.3) is 0 Å². The number of anilines is 1. The van der Waals surface area contributed by atoms with Crippen LogP contribution in [0.5, 0.6) is 11.5 Å². The number of benzene rings is 1. The van der Waals surface area contributed by atoms with Gasteiger partial charge >= 0.3 is 5.97 Å². The summed E-state index contributed by atoms with van der Waals surface area (Å²) in [4.78, 5) is 12.0. The zero-order chi connectivity index (χ0) is 13.8. The summed E-state index contributed by atoms with van der Waals surface area (Å²) in [5.74, 6) is 1.11. The molecule has 2 aromatic rings. The van der Waals surface area contributed by atoms with E-state index in [1.54, 1.807) is 48.2 Å². The number of nitrogens with two attached hydrogens (primary N) is 1. The van der Waals surface area contributed by atoms with Gasteiger partial charge in [-0.3, -0.25) is 0 Å². The molecule has 0 amide bonds. The number of esters is 1. The SMILES string of the molecule is CCn1ccc(C(=O)Oc2ccc(OC)cc2)c1N. The maximum absolute atomic E-state index is 12.0. The van der Waals surface area contributed by atoms with Crippen LogP contribution in [0.15, 0.2) is 36.5 Å². The van der Waals surface area contributed by atoms with Crippen LogP contribution in [-0.4, -0.2) is 17.6 Å². The molecule has 0 bridgehead atoms. The lowest BCUT2D eigenvalue weighted by Crippen LogP contribution is -2.11. The number of aryl methyl sites for hydroxylation is 1. The highest BCUT2D eigenvalue weighted by Crippen LogP contribution is 2.20. The van der Waals surface area contributed by atoms with Gasteiger partial charge in [-0.05, 0) is 37.3 Å². The average molecular weight is 260 g/mol. The van der Waals surface area contributed by atoms with Crippen LogP contribution < -0.4 is 15.2 Å². The molecule has 0 saturated carbocycles. The molecule has 0 spiro atoms. The van der Waals surface area contributed by atoms with Gasteiger partial charge in [0.1, 0.15) is 22.9 Å². The van der Waals surface area contributed by atoms with Crippen LogP contribution in [0.25, 0.3) is 0 Å². The number of nitrogen functional groups attached to an aromatic ring is 1. The number of nitrogens with zero attached hydrogens (tertiary/aromatic N) is 1. The first-order chi connectivity index (χ1) is 9.15. The zero-order valence-corrected chi connectivity index (χ0v) is 10.9. The molecular weight excluding hydrogens is 244 g/mol. The van der Waals surface area contributed by atoms with Crippen LogP contribution in [0.1, 0.15) is 17.3 Å². The van der Waals surface area contributed by atoms with Crippen molar-refractivity contribution in [3.05, 3.63) is 42.1 Å². The van der Waals surface area contributed by atoms with Crippen LogP contribution in [-0.2, 0) is 6.54 Å². The van der Waals surface area contributed by atoms with E-state index in [0.29, 0.717) is 29.4 Å². The molecule has 100 valence electrons. The smallest absolute Gasteiger partial charge is 0.347 e. The predicted molar refractivity (Wildman–Crippen MR) is 72.5 cm³/mol. The molecule has 5 nitrogen and oxygen atoms in total. The van der Waals surface area contributed by atoms with Crippen molar-refractivity contribution < 1.29 is 14.3 Å². The highest BCUT2D eigenvalue weighted by atomic mass is 16.5. The second kappa shape index (κ2) is 5.48. The number of carbonyl (C=O) groups excluding carboxylic acids is 1. The van der Waals surface area contributed by atoms with E-state index in [9.17, 15) is 4.79 Å². The Labute approximate surface area is 111 Å². The van der Waals surface area contributed by atoms with Gasteiger partial charge in [0.2, 0.25) is 0 Å². The van der Waals surface area contributed by atoms with Gasteiger partial charge in [0.05, 0.1) is 7.11 Å². The van der Waals surface area contributed by atoms with Crippen molar-refractivity contribution in [2.45, 2.75) is 13.5 Å². The molecule has 0 saturated heterocycles. The van der Waals surface area contributed by atoms with E-state index >= 15 is 0 Å². The Morgan fingerprint density at radius 1 is 1.21 bits per heavy atom. The van der Waals surface area contributed by atoms with Crippen molar-refractivity contribution in [3.8, 4) is 11.5 Å². The molecule has 2 N–H and O–H groups in total. The minimum absolute atomic E-state index is 0.373. The molecular formula is C14H16N2O3. The molecule has 0 aliphatic rings. The quantitative estimate of drug-likeness (QED) is 0.676. The normalized spacial score (nSPS) is 10.2. The van der Waals surface area contributed by atoms with Crippen LogP contribution >= 0.6 is 0 Å². The van der Waals surface area contributed by atoms with Crippen LogP contribution in [0.3, 0.4) is 0 Å². The van der Waals surface area contributed by atoms with Crippen molar-refractivity contribution in [1.82, 2.24) is 4.57 Å². The summed E-state index contributed by atoms with van der Waals surface area (Å²) >= 11 is 0. The number of methoxy groups -OCH3 is 1. The number of hydrogen-bond donors (Lipinski definition) is 1. The second-order valence-corrected chi connectivity index (χ2v) is 3.97. The van der Waals surface area contributed by atoms with Gasteiger partial charge in [0.15, 0.2) is 0 Å². The lowest BCUT2D eigenvalue weighted by molar-refractivity contribution is 0.0736. The number of aromatic nitrogens is 1. The molecule has 1 heterocycles. The summed E-state index contributed by atoms with van der Waals surface area (Å²) in [6.45, 7) is 2.66. The number of ether oxygens (including phenoxy) is 2. The van der Waals surface area contributed by atoms with E-state index in [0.717, 1.165) is 0 Å². The Kier molecular flexibility index (Phi) is 3.75. The first kappa shape index (κ1) is 13.0. The summed E-state index contributed by atoms with van der Waals surface area (Å²) in [6.07, 6.45) is 1.76. The summed E-state index contributed by atoms with van der Waals surface area (Å²) in [5.41, 5.74) is 6.23. The molecule has 5 heteroatoms. The van der Waals surface area contributed by atoms with Gasteiger partial charge in [0, 0.05) is 12.7 Å². The fraction of sp³-hybridized carbons (Fsp3) is 0.214. The molecule has 0 atom stereocenters. The van der Waals surface area contributed by atoms with Crippen LogP contribution in [0.4, 0.5) is 5.82 Å². The van der Waals surface area contributed by atoms with E-state index < -0.39 is 5.97 Å². The number of carbonyl (C=O) groups is 1. The molecule has 1 aromatic heterocycles. The minimum atomic E-state index is -0.463. The number of rotatable bonds is 4. The van der Waals surface area contributed by atoms with Gasteiger partial charge < -0.3 is 19.8 Å². The molecule has 19 heavy (non-hydrogen) atoms. The molecule has 2 rings (SSSR count). The molecule has 1 aromatic carbocycles. The fourth-order valence-electron chi connectivity index (χ4n) is 1.74. The highest BCUT2D eigenvalue weighted by molar-refractivity contribution is 5.95. The minimum Gasteiger partial charge on any atom is -0.497 e. The Morgan fingerprint density at radius 2 is 1.84 bits per heavy atom. The van der Waals surface area contributed by atoms with Crippen molar-refractivity contribution >= 4 is 11.8 Å². The first-order valence-electron chi connectivity index (χ1n) is 5.96. The monoisotopic (exact) mass is 260 g/mol. The zero-order valence-electron chi connectivity index (χ0n) is 10.9. The fourth-order valence-corrected chi connectivity index (χ4v) is 1.74. The van der Waals surface area contributed by atoms with E-state index in [2.05, 4.69) is 0 Å². The van der Waals surface area contributed by atoms with E-state index in [4.69, 9.17) is 15.2 Å². The van der Waals surface area contributed by atoms with Crippen molar-refractivity contribution in [2.75, 3.05) is 12.8 Å². The highest BCUT2D eigenvalue weighted by Gasteiger charge is 2.15. The third-order valence-corrected chi connectivity index (χ3v) is 2.84. The van der Waals surface area contributed by atoms with Crippen LogP contribution in [0.2, 0.25) is 0 Å². The maximum Gasteiger partial charge on any atom is 0.347 e. The van der Waals surface area contributed by atoms with Gasteiger partial charge in [-0.2, -0.15) is 0 Å². The molecule has 0 unspecified atom stereocenters. The summed E-state index contributed by atoms with van der Waals surface area (Å²) < 4.78 is 12.1. The summed E-state index contributed by atoms with van der Waals surface area (Å²) in [7, 11) is 1.58. The Morgan fingerprint density at radius 3 is 2.37 bits per heavy atom. The van der Waals surface area contributed by atoms with Crippen molar-refractivity contribution in [3.63, 3.8) is 0 Å². The lowest BCUT2D eigenvalue weighted by atomic mass is 10.3. The van der Waals surface area contributed by atoms with E-state index in [-0.39, 0.29) is 0 Å². The Balaban J connectivity index is 2.13. The molecule has 0 aliphatic carbocycles. The average Bonchev–Trinajstić information content (AvgIpc) is 2.80. The third kappa shape index (κ3) is 2.70. The second-order valence-electron chi connectivity index (χ2n) is 3.97. The Bertz CT molecular complexity index is 573. The predicted octanol–water partition coefficient (Wildman–Crippen LogP) is 2.32. The van der Waals surface area contributed by atoms with Crippen molar-refractivity contribution in [1.29, 1.82) is 0 Å². The topological polar surface area (TPSA) is 66.5 Å². The molecule has 0 radical (unpaired) electrons. The van der Waals surface area contributed by atoms with Gasteiger partial charge in [-0.1, -0.05) is 0 Å². The standard InChI is InChI=1S/C14H16N2O3/c1-3-16-9-8-12(13(16)15)14(17)19-11-6-4-10(18-2)5-7-11/h4-9H,3,15H2,1-2H3. The maximum atomic E-state index is 12.0. The summed E-state index contributed by atoms with van der Waals surface area (Å²) in [5, 5.41) is 0. The molecule has 0 aliphatic heterocycles. The first-order valence-corrected chi connectivity index (χ1v) is 5.96. The number of hydrogen-bond acceptors (Lipinski definition) is 4. The van der Waals surface area contributed by atoms with Crippen LogP contribution in [0, 0.1) is 0 Å². The third-order valence-electron chi connectivity index (χ3n) is 2.84. The lowest BCUT2D eigenvalue weighted by Gasteiger charge is -2.06. The van der Waals surface area contributed by atoms with Gasteiger partial charge in [-0.15, -0.1) is 0 Å². The Hall–Kier alpha value is -2.43. The van der Waals surface area contributed by atoms with E-state index in [1.807, 2.05) is 6.92 Å². The van der Waals surface area contributed by atoms with E-state index in [1.165, 1.54) is 0 Å². The molecule has 0 fully saturated rings. The summed E-state index contributed by atoms with van der Waals surface area (Å²) in [6, 6.07) is 8.45. The van der Waals surface area contributed by atoms with Gasteiger partial charge in [-0.25, -0.2) is 4.79 Å². The largest absolute Gasteiger partial charge is 0.497 e.